The summed E-state index contributed by atoms with van der Waals surface area (Å²) in [5.41, 5.74) is 8.53. The van der Waals surface area contributed by atoms with Crippen LogP contribution in [0.25, 0.3) is 10.4 Å². The Labute approximate surface area is 110 Å². The smallest absolute Gasteiger partial charge is 0.0431 e. The molecule has 18 heavy (non-hydrogen) atoms. The quantitative estimate of drug-likeness (QED) is 0.191. The molecule has 0 rings (SSSR count). The Bertz CT molecular complexity index is 283. The van der Waals surface area contributed by atoms with Crippen LogP contribution < -0.4 is 0 Å². The summed E-state index contributed by atoms with van der Waals surface area (Å²) in [6, 6.07) is 0.00345. The van der Waals surface area contributed by atoms with E-state index in [4.69, 9.17) is 10.6 Å². The van der Waals surface area contributed by atoms with Crippen molar-refractivity contribution in [2.75, 3.05) is 6.61 Å². The minimum absolute atomic E-state index is 0.00345. The lowest BCUT2D eigenvalue weighted by Gasteiger charge is -2.18. The minimum atomic E-state index is 0.00345. The summed E-state index contributed by atoms with van der Waals surface area (Å²) in [6.45, 7) is 5.94. The summed E-state index contributed by atoms with van der Waals surface area (Å²) >= 11 is 0. The zero-order valence-corrected chi connectivity index (χ0v) is 11.3. The molecule has 0 aliphatic carbocycles. The number of rotatable bonds is 11. The summed E-state index contributed by atoms with van der Waals surface area (Å²) in [5.74, 6) is 0.358. The maximum Gasteiger partial charge on any atom is 0.0431 e. The van der Waals surface area contributed by atoms with E-state index in [1.165, 1.54) is 0 Å². The number of allylic oxidation sites excluding steroid dienone is 3. The van der Waals surface area contributed by atoms with Gasteiger partial charge in [-0.1, -0.05) is 30.3 Å². The van der Waals surface area contributed by atoms with Crippen LogP contribution in [0.3, 0.4) is 0 Å². The van der Waals surface area contributed by atoms with Crippen molar-refractivity contribution in [1.82, 2.24) is 0 Å². The highest BCUT2D eigenvalue weighted by Crippen LogP contribution is 2.19. The predicted octanol–water partition coefficient (Wildman–Crippen LogP) is 4.38. The van der Waals surface area contributed by atoms with Gasteiger partial charge in [-0.3, -0.25) is 0 Å². The molecule has 2 atom stereocenters. The summed E-state index contributed by atoms with van der Waals surface area (Å²) in [6.07, 6.45) is 11.8. The molecule has 0 spiro atoms. The lowest BCUT2D eigenvalue weighted by Crippen LogP contribution is -2.15. The first kappa shape index (κ1) is 16.8. The van der Waals surface area contributed by atoms with Crippen molar-refractivity contribution in [2.45, 2.75) is 51.5 Å². The number of unbranched alkanes of at least 4 members (excludes halogenated alkanes) is 1. The molecule has 0 amide bonds. The Balaban J connectivity index is 3.93. The zero-order valence-electron chi connectivity index (χ0n) is 11.3. The molecular weight excluding hydrogens is 226 g/mol. The van der Waals surface area contributed by atoms with Crippen LogP contribution in [0, 0.1) is 5.92 Å². The average molecular weight is 251 g/mol. The van der Waals surface area contributed by atoms with Crippen LogP contribution in [-0.2, 0) is 0 Å². The zero-order chi connectivity index (χ0) is 13.6. The van der Waals surface area contributed by atoms with Gasteiger partial charge in [0.2, 0.25) is 0 Å². The molecule has 0 aromatic rings. The van der Waals surface area contributed by atoms with Gasteiger partial charge in [0, 0.05) is 17.6 Å². The van der Waals surface area contributed by atoms with Gasteiger partial charge >= 0.3 is 0 Å². The number of nitrogens with zero attached hydrogens (tertiary/aromatic N) is 3. The fraction of sp³-hybridized carbons (Fsp3) is 0.714. The standard InChI is InChI=1S/C14H25N3O/c1-3-4-5-6-7-8-10-13(2)14(16-17-15)11-9-12-18/h3,6-7,13-14,18H,1,4-5,8-12H2,2H3/b7-6-/t13-,14+/m1/s1. The second kappa shape index (κ2) is 12.2. The molecule has 0 saturated heterocycles. The second-order valence-electron chi connectivity index (χ2n) is 4.53. The third kappa shape index (κ3) is 8.85. The molecule has 0 aliphatic rings. The van der Waals surface area contributed by atoms with Crippen LogP contribution in [0.5, 0.6) is 0 Å². The van der Waals surface area contributed by atoms with Crippen molar-refractivity contribution in [2.24, 2.45) is 11.0 Å². The maximum atomic E-state index is 8.81. The molecule has 0 bridgehead atoms. The average Bonchev–Trinajstić information content (AvgIpc) is 2.38. The predicted molar refractivity (Wildman–Crippen MR) is 76.2 cm³/mol. The molecule has 0 saturated carbocycles. The maximum absolute atomic E-state index is 8.81. The van der Waals surface area contributed by atoms with E-state index >= 15 is 0 Å². The van der Waals surface area contributed by atoms with E-state index in [2.05, 4.69) is 35.7 Å². The highest BCUT2D eigenvalue weighted by molar-refractivity contribution is 4.86. The number of aliphatic hydroxyl groups is 1. The number of azide groups is 1. The highest BCUT2D eigenvalue weighted by atomic mass is 16.2. The lowest BCUT2D eigenvalue weighted by atomic mass is 9.93. The molecule has 4 nitrogen and oxygen atoms in total. The minimum Gasteiger partial charge on any atom is -0.396 e. The van der Waals surface area contributed by atoms with Crippen molar-refractivity contribution in [3.8, 4) is 0 Å². The Morgan fingerprint density at radius 1 is 1.28 bits per heavy atom. The Morgan fingerprint density at radius 3 is 2.61 bits per heavy atom. The van der Waals surface area contributed by atoms with Crippen molar-refractivity contribution < 1.29 is 5.11 Å². The van der Waals surface area contributed by atoms with E-state index in [0.29, 0.717) is 12.3 Å². The van der Waals surface area contributed by atoms with E-state index < -0.39 is 0 Å². The van der Waals surface area contributed by atoms with Crippen molar-refractivity contribution in [1.29, 1.82) is 0 Å². The molecule has 0 fully saturated rings. The van der Waals surface area contributed by atoms with Gasteiger partial charge in [0.15, 0.2) is 0 Å². The topological polar surface area (TPSA) is 69.0 Å². The molecular formula is C14H25N3O. The van der Waals surface area contributed by atoms with Gasteiger partial charge in [-0.15, -0.1) is 6.58 Å². The van der Waals surface area contributed by atoms with Gasteiger partial charge in [0.25, 0.3) is 0 Å². The molecule has 0 radical (unpaired) electrons. The molecule has 0 aromatic carbocycles. The highest BCUT2D eigenvalue weighted by Gasteiger charge is 2.14. The largest absolute Gasteiger partial charge is 0.396 e. The molecule has 0 unspecified atom stereocenters. The first-order valence-electron chi connectivity index (χ1n) is 6.67. The van der Waals surface area contributed by atoms with Gasteiger partial charge in [0.1, 0.15) is 0 Å². The first-order chi connectivity index (χ1) is 8.76. The number of hydrogen-bond donors (Lipinski definition) is 1. The lowest BCUT2D eigenvalue weighted by molar-refractivity contribution is 0.270. The van der Waals surface area contributed by atoms with Crippen LogP contribution in [0.4, 0.5) is 0 Å². The molecule has 102 valence electrons. The third-order valence-electron chi connectivity index (χ3n) is 3.01. The molecule has 1 N–H and O–H groups in total. The van der Waals surface area contributed by atoms with E-state index in [-0.39, 0.29) is 12.6 Å². The normalized spacial score (nSPS) is 14.1. The van der Waals surface area contributed by atoms with Crippen molar-refractivity contribution in [3.63, 3.8) is 0 Å². The summed E-state index contributed by atoms with van der Waals surface area (Å²) in [5, 5.41) is 12.6. The van der Waals surface area contributed by atoms with Gasteiger partial charge in [-0.25, -0.2) is 0 Å². The van der Waals surface area contributed by atoms with Gasteiger partial charge in [0.05, 0.1) is 0 Å². The summed E-state index contributed by atoms with van der Waals surface area (Å²) < 4.78 is 0. The molecule has 0 aromatic heterocycles. The summed E-state index contributed by atoms with van der Waals surface area (Å²) in [7, 11) is 0. The molecule has 0 heterocycles. The van der Waals surface area contributed by atoms with Crippen molar-refractivity contribution in [3.05, 3.63) is 35.2 Å². The fourth-order valence-corrected chi connectivity index (χ4v) is 1.82. The second-order valence-corrected chi connectivity index (χ2v) is 4.53. The Kier molecular flexibility index (Phi) is 11.4. The van der Waals surface area contributed by atoms with E-state index in [1.54, 1.807) is 0 Å². The van der Waals surface area contributed by atoms with Crippen LogP contribution in [0.2, 0.25) is 0 Å². The molecule has 4 heteroatoms. The number of hydrogen-bond acceptors (Lipinski definition) is 2. The monoisotopic (exact) mass is 251 g/mol. The van der Waals surface area contributed by atoms with E-state index in [9.17, 15) is 0 Å². The fourth-order valence-electron chi connectivity index (χ4n) is 1.82. The Morgan fingerprint density at radius 2 is 2.00 bits per heavy atom. The molecule has 0 aliphatic heterocycles. The van der Waals surface area contributed by atoms with Gasteiger partial charge in [-0.05, 0) is 50.0 Å². The van der Waals surface area contributed by atoms with Crippen LogP contribution in [0.1, 0.15) is 45.4 Å². The SMILES string of the molecule is C=CCC/C=C\CC[C@@H](C)[C@H](CCCO)N=[N+]=[N-]. The summed E-state index contributed by atoms with van der Waals surface area (Å²) in [4.78, 5) is 2.89. The Hall–Kier alpha value is -1.25. The van der Waals surface area contributed by atoms with Gasteiger partial charge in [-0.2, -0.15) is 0 Å². The van der Waals surface area contributed by atoms with Crippen molar-refractivity contribution >= 4 is 0 Å². The first-order valence-corrected chi connectivity index (χ1v) is 6.67. The van der Waals surface area contributed by atoms with E-state index in [0.717, 1.165) is 32.1 Å². The van der Waals surface area contributed by atoms with Crippen LogP contribution in [-0.4, -0.2) is 17.8 Å². The number of aliphatic hydroxyl groups excluding tert-OH is 1. The van der Waals surface area contributed by atoms with E-state index in [1.807, 2.05) is 6.08 Å². The van der Waals surface area contributed by atoms with Gasteiger partial charge < -0.3 is 5.11 Å². The van der Waals surface area contributed by atoms with Crippen LogP contribution in [0.15, 0.2) is 29.9 Å². The third-order valence-corrected chi connectivity index (χ3v) is 3.01. The van der Waals surface area contributed by atoms with Crippen LogP contribution >= 0.6 is 0 Å².